The second kappa shape index (κ2) is 8.19. The first-order valence-electron chi connectivity index (χ1n) is 7.33. The first kappa shape index (κ1) is 19.0. The number of hydrogen-bond acceptors (Lipinski definition) is 5. The summed E-state index contributed by atoms with van der Waals surface area (Å²) in [7, 11) is 0. The summed E-state index contributed by atoms with van der Waals surface area (Å²) in [5.74, 6) is -0.349. The van der Waals surface area contributed by atoms with Crippen LogP contribution in [-0.2, 0) is 11.0 Å². The number of benzene rings is 1. The fraction of sp³-hybridized carbons (Fsp3) is 0.312. The number of hydrogen-bond donors (Lipinski definition) is 1. The van der Waals surface area contributed by atoms with Gasteiger partial charge in [-0.15, -0.1) is 0 Å². The van der Waals surface area contributed by atoms with Crippen LogP contribution < -0.4 is 4.74 Å². The monoisotopic (exact) mass is 372 g/mol. The largest absolute Gasteiger partial charge is 0.494 e. The molecule has 0 saturated heterocycles. The summed E-state index contributed by atoms with van der Waals surface area (Å²) in [5.41, 5.74) is -0.469. The Balaban J connectivity index is 2.33. The molecule has 134 valence electrons. The number of carboxylic acid groups (broad SMARTS) is 1. The molecule has 2 aromatic rings. The van der Waals surface area contributed by atoms with Gasteiger partial charge >= 0.3 is 12.1 Å². The summed E-state index contributed by atoms with van der Waals surface area (Å²) >= 11 is 0.871. The van der Waals surface area contributed by atoms with Gasteiger partial charge in [-0.3, -0.25) is 4.79 Å². The van der Waals surface area contributed by atoms with Crippen LogP contribution in [-0.4, -0.2) is 33.4 Å². The van der Waals surface area contributed by atoms with Crippen LogP contribution in [0.15, 0.2) is 35.5 Å². The molecule has 25 heavy (non-hydrogen) atoms. The summed E-state index contributed by atoms with van der Waals surface area (Å²) in [5, 5.41) is 8.52. The van der Waals surface area contributed by atoms with E-state index in [1.54, 1.807) is 24.3 Å². The molecule has 2 rings (SSSR count). The molecule has 0 aliphatic rings. The molecule has 0 aliphatic carbocycles. The normalized spacial score (nSPS) is 11.4. The van der Waals surface area contributed by atoms with E-state index in [2.05, 4.69) is 9.97 Å². The first-order chi connectivity index (χ1) is 11.8. The molecule has 0 atom stereocenters. The smallest absolute Gasteiger partial charge is 0.433 e. The minimum atomic E-state index is -4.62. The van der Waals surface area contributed by atoms with Gasteiger partial charge in [-0.25, -0.2) is 9.97 Å². The number of ether oxygens (including phenoxy) is 1. The zero-order chi connectivity index (χ0) is 18.4. The van der Waals surface area contributed by atoms with E-state index in [-0.39, 0.29) is 23.0 Å². The molecule has 5 nitrogen and oxygen atoms in total. The first-order valence-corrected chi connectivity index (χ1v) is 8.32. The average molecular weight is 372 g/mol. The van der Waals surface area contributed by atoms with Gasteiger partial charge in [0.2, 0.25) is 0 Å². The maximum atomic E-state index is 13.1. The van der Waals surface area contributed by atoms with Gasteiger partial charge in [0.05, 0.1) is 18.7 Å². The lowest BCUT2D eigenvalue weighted by Gasteiger charge is -2.11. The number of nitrogens with zero attached hydrogens (tertiary/aromatic N) is 2. The Labute approximate surface area is 146 Å². The van der Waals surface area contributed by atoms with Gasteiger partial charge in [0.15, 0.2) is 5.16 Å². The third-order valence-corrected chi connectivity index (χ3v) is 3.85. The fourth-order valence-electron chi connectivity index (χ4n) is 1.90. The summed E-state index contributed by atoms with van der Waals surface area (Å²) < 4.78 is 44.5. The Morgan fingerprint density at radius 2 is 1.92 bits per heavy atom. The average Bonchev–Trinajstić information content (AvgIpc) is 2.54. The minimum absolute atomic E-state index is 0.0827. The van der Waals surface area contributed by atoms with Crippen molar-refractivity contribution < 1.29 is 27.8 Å². The van der Waals surface area contributed by atoms with Crippen molar-refractivity contribution in [3.8, 4) is 17.0 Å². The number of carbonyl (C=O) groups is 1. The van der Waals surface area contributed by atoms with Crippen molar-refractivity contribution in [2.75, 3.05) is 12.4 Å². The number of rotatable bonds is 7. The summed E-state index contributed by atoms with van der Waals surface area (Å²) in [6.07, 6.45) is -4.81. The predicted octanol–water partition coefficient (Wildman–Crippen LogP) is 4.13. The topological polar surface area (TPSA) is 72.3 Å². The van der Waals surface area contributed by atoms with Gasteiger partial charge in [-0.1, -0.05) is 11.8 Å². The van der Waals surface area contributed by atoms with Crippen LogP contribution in [0, 0.1) is 0 Å². The Hall–Kier alpha value is -2.29. The van der Waals surface area contributed by atoms with Gasteiger partial charge in [-0.05, 0) is 37.3 Å². The lowest BCUT2D eigenvalue weighted by molar-refractivity contribution is -0.141. The number of aliphatic carboxylic acids is 1. The van der Waals surface area contributed by atoms with E-state index >= 15 is 0 Å². The molecule has 9 heteroatoms. The predicted molar refractivity (Wildman–Crippen MR) is 86.6 cm³/mol. The molecule has 1 N–H and O–H groups in total. The maximum Gasteiger partial charge on any atom is 0.433 e. The lowest BCUT2D eigenvalue weighted by atomic mass is 10.1. The van der Waals surface area contributed by atoms with Crippen LogP contribution >= 0.6 is 11.8 Å². The van der Waals surface area contributed by atoms with Crippen molar-refractivity contribution in [2.45, 2.75) is 24.7 Å². The molecule has 0 aliphatic heterocycles. The molecule has 0 unspecified atom stereocenters. The SMILES string of the molecule is CCOc1ccc(-c2cc(C(F)(F)F)nc(SCCC(=O)O)n2)cc1. The fourth-order valence-corrected chi connectivity index (χ4v) is 2.69. The van der Waals surface area contributed by atoms with E-state index in [9.17, 15) is 18.0 Å². The third-order valence-electron chi connectivity index (χ3n) is 3.00. The van der Waals surface area contributed by atoms with Crippen LogP contribution in [0.1, 0.15) is 19.0 Å². The zero-order valence-electron chi connectivity index (χ0n) is 13.2. The van der Waals surface area contributed by atoms with E-state index in [0.717, 1.165) is 17.8 Å². The molecule has 0 spiro atoms. The van der Waals surface area contributed by atoms with E-state index in [4.69, 9.17) is 9.84 Å². The summed E-state index contributed by atoms with van der Waals surface area (Å²) in [6.45, 7) is 2.31. The number of halogens is 3. The second-order valence-electron chi connectivity index (χ2n) is 4.87. The van der Waals surface area contributed by atoms with E-state index in [1.807, 2.05) is 6.92 Å². The highest BCUT2D eigenvalue weighted by Crippen LogP contribution is 2.32. The van der Waals surface area contributed by atoms with Crippen molar-refractivity contribution in [1.82, 2.24) is 9.97 Å². The molecule has 1 aromatic heterocycles. The molecular formula is C16H15F3N2O3S. The van der Waals surface area contributed by atoms with Gasteiger partial charge in [0.1, 0.15) is 11.4 Å². The standard InChI is InChI=1S/C16H15F3N2O3S/c1-2-24-11-5-3-10(4-6-11)12-9-13(16(17,18)19)21-15(20-12)25-8-7-14(22)23/h3-6,9H,2,7-8H2,1H3,(H,22,23). The van der Waals surface area contributed by atoms with Crippen LogP contribution in [0.4, 0.5) is 13.2 Å². The van der Waals surface area contributed by atoms with Crippen molar-refractivity contribution in [3.05, 3.63) is 36.0 Å². The lowest BCUT2D eigenvalue weighted by Crippen LogP contribution is -2.10. The van der Waals surface area contributed by atoms with Crippen molar-refractivity contribution in [2.24, 2.45) is 0 Å². The van der Waals surface area contributed by atoms with Gasteiger partial charge in [-0.2, -0.15) is 13.2 Å². The van der Waals surface area contributed by atoms with E-state index < -0.39 is 17.8 Å². The molecular weight excluding hydrogens is 357 g/mol. The molecule has 0 radical (unpaired) electrons. The quantitative estimate of drug-likeness (QED) is 0.582. The molecule has 0 bridgehead atoms. The van der Waals surface area contributed by atoms with Crippen LogP contribution in [0.3, 0.4) is 0 Å². The van der Waals surface area contributed by atoms with Crippen molar-refractivity contribution in [1.29, 1.82) is 0 Å². The van der Waals surface area contributed by atoms with Crippen molar-refractivity contribution >= 4 is 17.7 Å². The minimum Gasteiger partial charge on any atom is -0.494 e. The number of thioether (sulfide) groups is 1. The van der Waals surface area contributed by atoms with Gasteiger partial charge in [0.25, 0.3) is 0 Å². The molecule has 0 amide bonds. The molecule has 1 aromatic carbocycles. The Kier molecular flexibility index (Phi) is 6.24. The Morgan fingerprint density at radius 3 is 2.48 bits per heavy atom. The van der Waals surface area contributed by atoms with Crippen LogP contribution in [0.5, 0.6) is 5.75 Å². The summed E-state index contributed by atoms with van der Waals surface area (Å²) in [6, 6.07) is 7.38. The molecule has 0 saturated carbocycles. The van der Waals surface area contributed by atoms with Gasteiger partial charge < -0.3 is 9.84 Å². The third kappa shape index (κ3) is 5.63. The van der Waals surface area contributed by atoms with Gasteiger partial charge in [0, 0.05) is 11.3 Å². The van der Waals surface area contributed by atoms with E-state index in [0.29, 0.717) is 17.9 Å². The maximum absolute atomic E-state index is 13.1. The van der Waals surface area contributed by atoms with Crippen molar-refractivity contribution in [3.63, 3.8) is 0 Å². The Bertz CT molecular complexity index is 736. The highest BCUT2D eigenvalue weighted by atomic mass is 32.2. The highest BCUT2D eigenvalue weighted by Gasteiger charge is 2.33. The van der Waals surface area contributed by atoms with E-state index in [1.165, 1.54) is 0 Å². The number of alkyl halides is 3. The molecule has 0 fully saturated rings. The number of aromatic nitrogens is 2. The Morgan fingerprint density at radius 1 is 1.24 bits per heavy atom. The second-order valence-corrected chi connectivity index (χ2v) is 5.93. The number of carboxylic acids is 1. The highest BCUT2D eigenvalue weighted by molar-refractivity contribution is 7.99. The molecule has 1 heterocycles. The van der Waals surface area contributed by atoms with Crippen LogP contribution in [0.2, 0.25) is 0 Å². The zero-order valence-corrected chi connectivity index (χ0v) is 14.0. The van der Waals surface area contributed by atoms with Crippen LogP contribution in [0.25, 0.3) is 11.3 Å². The summed E-state index contributed by atoms with van der Waals surface area (Å²) in [4.78, 5) is 18.1.